The molecule has 0 radical (unpaired) electrons. The molecule has 1 aromatic rings. The van der Waals surface area contributed by atoms with Crippen molar-refractivity contribution in [1.82, 2.24) is 0 Å². The quantitative estimate of drug-likeness (QED) is 0.621. The second-order valence-electron chi connectivity index (χ2n) is 4.40. The first-order chi connectivity index (χ1) is 7.35. The predicted molar refractivity (Wildman–Crippen MR) is 63.2 cm³/mol. The highest BCUT2D eigenvalue weighted by atomic mass is 16.6. The van der Waals surface area contributed by atoms with Crippen LogP contribution in [-0.2, 0) is 11.3 Å². The molecular formula is C12H20NO3+. The maximum atomic E-state index is 9.15. The summed E-state index contributed by atoms with van der Waals surface area (Å²) in [6, 6.07) is 10.6. The average molecular weight is 226 g/mol. The van der Waals surface area contributed by atoms with E-state index in [-0.39, 0.29) is 0 Å². The minimum Gasteiger partial charge on any atom is -0.450 e. The van der Waals surface area contributed by atoms with Crippen LogP contribution in [0.25, 0.3) is 0 Å². The highest BCUT2D eigenvalue weighted by Gasteiger charge is 2.06. The van der Waals surface area contributed by atoms with Crippen molar-refractivity contribution in [2.75, 3.05) is 28.3 Å². The lowest BCUT2D eigenvalue weighted by molar-refractivity contribution is -0.884. The average Bonchev–Trinajstić information content (AvgIpc) is 2.17. The lowest BCUT2D eigenvalue weighted by Crippen LogP contribution is -2.33. The van der Waals surface area contributed by atoms with Crippen molar-refractivity contribution in [2.45, 2.75) is 6.54 Å². The van der Waals surface area contributed by atoms with Gasteiger partial charge < -0.3 is 14.3 Å². The first-order valence-electron chi connectivity index (χ1n) is 4.96. The molecule has 0 fully saturated rings. The molecule has 1 rings (SSSR count). The van der Waals surface area contributed by atoms with Gasteiger partial charge in [0.25, 0.3) is 0 Å². The van der Waals surface area contributed by atoms with Crippen molar-refractivity contribution in [1.29, 1.82) is 0 Å². The first kappa shape index (κ1) is 14.5. The number of hydrogen-bond donors (Lipinski definition) is 1. The van der Waals surface area contributed by atoms with Gasteiger partial charge in [-0.25, -0.2) is 4.79 Å². The molecule has 0 bridgehead atoms. The summed E-state index contributed by atoms with van der Waals surface area (Å²) in [5, 5.41) is 7.50. The van der Waals surface area contributed by atoms with E-state index in [0.717, 1.165) is 18.1 Å². The minimum atomic E-state index is -1.25. The van der Waals surface area contributed by atoms with E-state index in [1.165, 1.54) is 5.56 Å². The molecule has 16 heavy (non-hydrogen) atoms. The Balaban J connectivity index is 0.000000385. The molecule has 0 amide bonds. The van der Waals surface area contributed by atoms with E-state index in [9.17, 15) is 0 Å². The van der Waals surface area contributed by atoms with Gasteiger partial charge in [0.2, 0.25) is 0 Å². The molecule has 4 nitrogen and oxygen atoms in total. The highest BCUT2D eigenvalue weighted by Crippen LogP contribution is 2.05. The van der Waals surface area contributed by atoms with Gasteiger partial charge in [0.1, 0.15) is 6.54 Å². The van der Waals surface area contributed by atoms with Crippen molar-refractivity contribution in [3.8, 4) is 0 Å². The normalized spacial score (nSPS) is 10.0. The van der Waals surface area contributed by atoms with Crippen molar-refractivity contribution >= 4 is 6.16 Å². The Hall–Kier alpha value is -1.55. The maximum absolute atomic E-state index is 9.15. The number of carboxylic acid groups (broad SMARTS) is 1. The Morgan fingerprint density at radius 2 is 1.69 bits per heavy atom. The van der Waals surface area contributed by atoms with Gasteiger partial charge in [0.15, 0.2) is 0 Å². The smallest absolute Gasteiger partial charge is 0.450 e. The number of methoxy groups -OCH3 is 1. The van der Waals surface area contributed by atoms with E-state index in [2.05, 4.69) is 56.2 Å². The van der Waals surface area contributed by atoms with E-state index in [1.807, 2.05) is 0 Å². The van der Waals surface area contributed by atoms with E-state index < -0.39 is 6.16 Å². The number of hydrogen-bond acceptors (Lipinski definition) is 2. The first-order valence-corrected chi connectivity index (χ1v) is 4.96. The summed E-state index contributed by atoms with van der Waals surface area (Å²) in [4.78, 5) is 9.15. The van der Waals surface area contributed by atoms with Crippen LogP contribution < -0.4 is 0 Å². The van der Waals surface area contributed by atoms with Crippen molar-refractivity contribution < 1.29 is 19.1 Å². The van der Waals surface area contributed by atoms with Crippen LogP contribution in [0, 0.1) is 0 Å². The van der Waals surface area contributed by atoms with Crippen molar-refractivity contribution in [3.05, 3.63) is 35.9 Å². The molecule has 0 heterocycles. The van der Waals surface area contributed by atoms with Crippen LogP contribution in [0.15, 0.2) is 30.3 Å². The third-order valence-corrected chi connectivity index (χ3v) is 1.67. The number of quaternary nitrogens is 1. The number of carbonyl (C=O) groups is 1. The lowest BCUT2D eigenvalue weighted by Gasteiger charge is -2.23. The van der Waals surface area contributed by atoms with Gasteiger partial charge in [-0.15, -0.1) is 0 Å². The van der Waals surface area contributed by atoms with Crippen LogP contribution >= 0.6 is 0 Å². The van der Waals surface area contributed by atoms with Crippen LogP contribution in [-0.4, -0.2) is 44.0 Å². The predicted octanol–water partition coefficient (Wildman–Crippen LogP) is 2.20. The molecule has 0 spiro atoms. The molecule has 1 N–H and O–H groups in total. The minimum absolute atomic E-state index is 0.990. The molecule has 0 unspecified atom stereocenters. The van der Waals surface area contributed by atoms with Crippen LogP contribution in [0.1, 0.15) is 5.56 Å². The van der Waals surface area contributed by atoms with E-state index in [1.54, 1.807) is 0 Å². The SMILES string of the molecule is COC(=O)O.C[N+](C)(C)Cc1ccccc1. The third kappa shape index (κ3) is 9.02. The Kier molecular flexibility index (Phi) is 6.18. The highest BCUT2D eigenvalue weighted by molar-refractivity contribution is 5.56. The molecule has 4 heteroatoms. The molecule has 0 aliphatic rings. The van der Waals surface area contributed by atoms with Gasteiger partial charge in [-0.2, -0.15) is 0 Å². The molecular weight excluding hydrogens is 206 g/mol. The maximum Gasteiger partial charge on any atom is 0.505 e. The topological polar surface area (TPSA) is 46.5 Å². The summed E-state index contributed by atoms with van der Waals surface area (Å²) in [6.45, 7) is 1.10. The van der Waals surface area contributed by atoms with Crippen LogP contribution in [0.4, 0.5) is 4.79 Å². The molecule has 0 aromatic heterocycles. The van der Waals surface area contributed by atoms with E-state index >= 15 is 0 Å². The molecule has 0 saturated heterocycles. The molecule has 0 aliphatic carbocycles. The zero-order chi connectivity index (χ0) is 12.6. The molecule has 1 aromatic carbocycles. The third-order valence-electron chi connectivity index (χ3n) is 1.67. The lowest BCUT2D eigenvalue weighted by atomic mass is 10.2. The molecule has 0 atom stereocenters. The zero-order valence-corrected chi connectivity index (χ0v) is 10.3. The summed E-state index contributed by atoms with van der Waals surface area (Å²) < 4.78 is 4.66. The fourth-order valence-corrected chi connectivity index (χ4v) is 1.13. The van der Waals surface area contributed by atoms with Crippen LogP contribution in [0.3, 0.4) is 0 Å². The summed E-state index contributed by atoms with van der Waals surface area (Å²) in [6.07, 6.45) is -1.25. The zero-order valence-electron chi connectivity index (χ0n) is 10.3. The van der Waals surface area contributed by atoms with Crippen molar-refractivity contribution in [2.24, 2.45) is 0 Å². The Morgan fingerprint density at radius 3 is 2.00 bits per heavy atom. The fraction of sp³-hybridized carbons (Fsp3) is 0.417. The Labute approximate surface area is 96.7 Å². The summed E-state index contributed by atoms with van der Waals surface area (Å²) in [5.74, 6) is 0. The summed E-state index contributed by atoms with van der Waals surface area (Å²) >= 11 is 0. The second kappa shape index (κ2) is 6.85. The number of rotatable bonds is 2. The van der Waals surface area contributed by atoms with Gasteiger partial charge in [-0.3, -0.25) is 0 Å². The fourth-order valence-electron chi connectivity index (χ4n) is 1.13. The van der Waals surface area contributed by atoms with Crippen LogP contribution in [0.5, 0.6) is 0 Å². The second-order valence-corrected chi connectivity index (χ2v) is 4.40. The molecule has 0 saturated carbocycles. The van der Waals surface area contributed by atoms with E-state index in [4.69, 9.17) is 9.90 Å². The Bertz CT molecular complexity index is 304. The number of nitrogens with zero attached hydrogens (tertiary/aromatic N) is 1. The number of ether oxygens (including phenoxy) is 1. The van der Waals surface area contributed by atoms with Gasteiger partial charge in [0.05, 0.1) is 28.3 Å². The van der Waals surface area contributed by atoms with Gasteiger partial charge in [-0.05, 0) is 0 Å². The van der Waals surface area contributed by atoms with Gasteiger partial charge in [0, 0.05) is 5.56 Å². The van der Waals surface area contributed by atoms with Crippen LogP contribution in [0.2, 0.25) is 0 Å². The monoisotopic (exact) mass is 226 g/mol. The van der Waals surface area contributed by atoms with Gasteiger partial charge >= 0.3 is 6.16 Å². The van der Waals surface area contributed by atoms with E-state index in [0.29, 0.717) is 0 Å². The number of benzene rings is 1. The molecule has 90 valence electrons. The van der Waals surface area contributed by atoms with Gasteiger partial charge in [-0.1, -0.05) is 30.3 Å². The van der Waals surface area contributed by atoms with Crippen molar-refractivity contribution in [3.63, 3.8) is 0 Å². The summed E-state index contributed by atoms with van der Waals surface area (Å²) in [7, 11) is 7.70. The summed E-state index contributed by atoms with van der Waals surface area (Å²) in [5.41, 5.74) is 1.40. The standard InChI is InChI=1S/C10H16N.C2H4O3/c1-11(2,3)9-10-7-5-4-6-8-10;1-5-2(3)4/h4-8H,9H2,1-3H3;1H3,(H,3,4)/q+1;. The largest absolute Gasteiger partial charge is 0.505 e. The molecule has 0 aliphatic heterocycles. The Morgan fingerprint density at radius 1 is 1.25 bits per heavy atom.